The molecule has 150 valence electrons. The van der Waals surface area contributed by atoms with E-state index in [2.05, 4.69) is 71.0 Å². The third kappa shape index (κ3) is 9.53. The van der Waals surface area contributed by atoms with Gasteiger partial charge in [-0.05, 0) is 38.8 Å². The molecule has 0 radical (unpaired) electrons. The van der Waals surface area contributed by atoms with Gasteiger partial charge in [0.25, 0.3) is 0 Å². The van der Waals surface area contributed by atoms with Crippen molar-refractivity contribution < 1.29 is 4.74 Å². The molecule has 2 aromatic rings. The maximum Gasteiger partial charge on any atom is 0.191 e. The number of aliphatic imine (C=N–C) groups is 1. The van der Waals surface area contributed by atoms with Crippen LogP contribution >= 0.6 is 35.3 Å². The van der Waals surface area contributed by atoms with Crippen LogP contribution in [0.15, 0.2) is 34.6 Å². The third-order valence-corrected chi connectivity index (χ3v) is 4.51. The molecular weight excluding hydrogens is 471 g/mol. The molecule has 0 aliphatic rings. The highest BCUT2D eigenvalue weighted by Crippen LogP contribution is 2.13. The first-order valence-electron chi connectivity index (χ1n) is 8.93. The normalized spacial score (nSPS) is 11.8. The predicted molar refractivity (Wildman–Crippen MR) is 125 cm³/mol. The number of ether oxygens (including phenoxy) is 1. The molecule has 0 aliphatic carbocycles. The predicted octanol–water partition coefficient (Wildman–Crippen LogP) is 4.29. The molecule has 1 aromatic carbocycles. The first kappa shape index (κ1) is 23.8. The minimum Gasteiger partial charge on any atom is -0.371 e. The lowest BCUT2D eigenvalue weighted by atomic mass is 10.1. The van der Waals surface area contributed by atoms with Crippen molar-refractivity contribution in [2.45, 2.75) is 52.9 Å². The second-order valence-corrected chi connectivity index (χ2v) is 8.24. The fourth-order valence-electron chi connectivity index (χ4n) is 2.37. The van der Waals surface area contributed by atoms with Gasteiger partial charge in [-0.2, -0.15) is 0 Å². The van der Waals surface area contributed by atoms with E-state index in [1.165, 1.54) is 11.1 Å². The number of nitrogens with zero attached hydrogens (tertiary/aromatic N) is 2. The van der Waals surface area contributed by atoms with Crippen LogP contribution in [0.2, 0.25) is 0 Å². The summed E-state index contributed by atoms with van der Waals surface area (Å²) in [6, 6.07) is 8.44. The number of rotatable bonds is 7. The van der Waals surface area contributed by atoms with Crippen molar-refractivity contribution in [2.75, 3.05) is 13.6 Å². The number of guanidine groups is 1. The standard InChI is InChI=1S/C20H30N4OS.HI/c1-15-24-18(14-26-15)9-10-22-19(21-5)23-12-16-7-6-8-17(11-16)13-25-20(2,3)4;/h6-8,11,14H,9-10,12-13H2,1-5H3,(H2,21,22,23);1H. The molecule has 0 fully saturated rings. The second-order valence-electron chi connectivity index (χ2n) is 7.18. The van der Waals surface area contributed by atoms with Gasteiger partial charge in [0.15, 0.2) is 5.96 Å². The van der Waals surface area contributed by atoms with Gasteiger partial charge < -0.3 is 15.4 Å². The van der Waals surface area contributed by atoms with E-state index in [9.17, 15) is 0 Å². The van der Waals surface area contributed by atoms with Gasteiger partial charge >= 0.3 is 0 Å². The van der Waals surface area contributed by atoms with Crippen LogP contribution in [0.1, 0.15) is 42.6 Å². The van der Waals surface area contributed by atoms with Crippen molar-refractivity contribution >= 4 is 41.3 Å². The first-order valence-corrected chi connectivity index (χ1v) is 9.81. The van der Waals surface area contributed by atoms with Crippen LogP contribution in [-0.4, -0.2) is 30.1 Å². The number of halogens is 1. The largest absolute Gasteiger partial charge is 0.371 e. The molecule has 0 aliphatic heterocycles. The highest BCUT2D eigenvalue weighted by Gasteiger charge is 2.10. The van der Waals surface area contributed by atoms with E-state index < -0.39 is 0 Å². The Morgan fingerprint density at radius 3 is 2.59 bits per heavy atom. The fourth-order valence-corrected chi connectivity index (χ4v) is 3.01. The van der Waals surface area contributed by atoms with Gasteiger partial charge in [-0.3, -0.25) is 4.99 Å². The molecule has 0 spiro atoms. The Labute approximate surface area is 184 Å². The summed E-state index contributed by atoms with van der Waals surface area (Å²) in [5.41, 5.74) is 3.39. The molecule has 0 bridgehead atoms. The van der Waals surface area contributed by atoms with E-state index in [0.29, 0.717) is 6.61 Å². The first-order chi connectivity index (χ1) is 12.4. The van der Waals surface area contributed by atoms with Crippen LogP contribution in [0, 0.1) is 6.92 Å². The van der Waals surface area contributed by atoms with Gasteiger partial charge in [-0.25, -0.2) is 4.98 Å². The summed E-state index contributed by atoms with van der Waals surface area (Å²) < 4.78 is 5.85. The zero-order chi connectivity index (χ0) is 19.0. The summed E-state index contributed by atoms with van der Waals surface area (Å²) in [4.78, 5) is 8.76. The van der Waals surface area contributed by atoms with Crippen molar-refractivity contribution in [2.24, 2.45) is 4.99 Å². The van der Waals surface area contributed by atoms with Crippen molar-refractivity contribution in [3.63, 3.8) is 0 Å². The molecule has 2 rings (SSSR count). The molecule has 1 aromatic heterocycles. The van der Waals surface area contributed by atoms with E-state index in [1.807, 2.05) is 6.92 Å². The Morgan fingerprint density at radius 2 is 1.96 bits per heavy atom. The second kappa shape index (κ2) is 11.6. The lowest BCUT2D eigenvalue weighted by molar-refractivity contribution is -0.0149. The van der Waals surface area contributed by atoms with E-state index >= 15 is 0 Å². The van der Waals surface area contributed by atoms with Crippen molar-refractivity contribution in [1.29, 1.82) is 0 Å². The molecule has 0 atom stereocenters. The SMILES string of the molecule is CN=C(NCCc1csc(C)n1)NCc1cccc(COC(C)(C)C)c1.I. The summed E-state index contributed by atoms with van der Waals surface area (Å²) in [5, 5.41) is 9.91. The smallest absolute Gasteiger partial charge is 0.191 e. The number of thiazole rings is 1. The third-order valence-electron chi connectivity index (χ3n) is 3.69. The molecule has 0 unspecified atom stereocenters. The zero-order valence-corrected chi connectivity index (χ0v) is 20.0. The number of hydrogen-bond acceptors (Lipinski definition) is 4. The number of nitrogens with one attached hydrogen (secondary N) is 2. The number of aryl methyl sites for hydroxylation is 1. The molecule has 7 heteroatoms. The van der Waals surface area contributed by atoms with Crippen molar-refractivity contribution in [3.8, 4) is 0 Å². The Hall–Kier alpha value is -1.19. The summed E-state index contributed by atoms with van der Waals surface area (Å²) in [5.74, 6) is 0.799. The van der Waals surface area contributed by atoms with Crippen LogP contribution < -0.4 is 10.6 Å². The molecule has 0 saturated heterocycles. The number of benzene rings is 1. The summed E-state index contributed by atoms with van der Waals surface area (Å²) in [6.07, 6.45) is 0.894. The summed E-state index contributed by atoms with van der Waals surface area (Å²) in [6.45, 7) is 10.4. The average molecular weight is 502 g/mol. The molecule has 0 saturated carbocycles. The molecule has 0 amide bonds. The van der Waals surface area contributed by atoms with E-state index in [1.54, 1.807) is 18.4 Å². The zero-order valence-electron chi connectivity index (χ0n) is 16.8. The van der Waals surface area contributed by atoms with Gasteiger partial charge in [0.2, 0.25) is 0 Å². The Kier molecular flexibility index (Phi) is 10.3. The lowest BCUT2D eigenvalue weighted by Gasteiger charge is -2.19. The number of hydrogen-bond donors (Lipinski definition) is 2. The van der Waals surface area contributed by atoms with Gasteiger partial charge in [0, 0.05) is 31.9 Å². The quantitative estimate of drug-likeness (QED) is 0.337. The Balaban J connectivity index is 0.00000364. The maximum atomic E-state index is 5.85. The van der Waals surface area contributed by atoms with Crippen LogP contribution in [0.25, 0.3) is 0 Å². The topological polar surface area (TPSA) is 58.5 Å². The fraction of sp³-hybridized carbons (Fsp3) is 0.500. The monoisotopic (exact) mass is 502 g/mol. The molecular formula is C20H31IN4OS. The van der Waals surface area contributed by atoms with Crippen molar-refractivity contribution in [3.05, 3.63) is 51.5 Å². The average Bonchev–Trinajstić information content (AvgIpc) is 3.01. The van der Waals surface area contributed by atoms with Crippen molar-refractivity contribution in [1.82, 2.24) is 15.6 Å². The van der Waals surface area contributed by atoms with Crippen LogP contribution in [-0.2, 0) is 24.3 Å². The minimum absolute atomic E-state index is 0. The molecule has 5 nitrogen and oxygen atoms in total. The number of aromatic nitrogens is 1. The van der Waals surface area contributed by atoms with Gasteiger partial charge in [-0.1, -0.05) is 24.3 Å². The molecule has 27 heavy (non-hydrogen) atoms. The Morgan fingerprint density at radius 1 is 1.22 bits per heavy atom. The summed E-state index contributed by atoms with van der Waals surface area (Å²) in [7, 11) is 1.79. The van der Waals surface area contributed by atoms with Gasteiger partial charge in [0.05, 0.1) is 22.9 Å². The van der Waals surface area contributed by atoms with Crippen LogP contribution in [0.3, 0.4) is 0 Å². The van der Waals surface area contributed by atoms with E-state index in [4.69, 9.17) is 4.74 Å². The van der Waals surface area contributed by atoms with Crippen LogP contribution in [0.5, 0.6) is 0 Å². The van der Waals surface area contributed by atoms with Gasteiger partial charge in [0.1, 0.15) is 0 Å². The minimum atomic E-state index is -0.129. The molecule has 2 N–H and O–H groups in total. The van der Waals surface area contributed by atoms with E-state index in [-0.39, 0.29) is 29.6 Å². The van der Waals surface area contributed by atoms with E-state index in [0.717, 1.165) is 36.2 Å². The lowest BCUT2D eigenvalue weighted by Crippen LogP contribution is -2.37. The Bertz CT molecular complexity index is 725. The highest BCUT2D eigenvalue weighted by molar-refractivity contribution is 14.0. The summed E-state index contributed by atoms with van der Waals surface area (Å²) >= 11 is 1.69. The molecule has 1 heterocycles. The van der Waals surface area contributed by atoms with Gasteiger partial charge in [-0.15, -0.1) is 35.3 Å². The highest BCUT2D eigenvalue weighted by atomic mass is 127. The van der Waals surface area contributed by atoms with Crippen LogP contribution in [0.4, 0.5) is 0 Å². The maximum absolute atomic E-state index is 5.85.